The first-order valence-electron chi connectivity index (χ1n) is 13.6. The molecule has 3 aromatic carbocycles. The van der Waals surface area contributed by atoms with Gasteiger partial charge in [-0.25, -0.2) is 4.98 Å². The highest BCUT2D eigenvalue weighted by Gasteiger charge is 2.36. The van der Waals surface area contributed by atoms with Crippen LogP contribution >= 0.6 is 0 Å². The molecule has 7 nitrogen and oxygen atoms in total. The molecule has 1 fully saturated rings. The van der Waals surface area contributed by atoms with Crippen LogP contribution in [0.5, 0.6) is 0 Å². The molecule has 0 aliphatic carbocycles. The van der Waals surface area contributed by atoms with E-state index in [0.717, 1.165) is 45.8 Å². The van der Waals surface area contributed by atoms with Crippen molar-refractivity contribution >= 4 is 34.2 Å². The summed E-state index contributed by atoms with van der Waals surface area (Å²) in [5.74, 6) is 0.694. The van der Waals surface area contributed by atoms with Crippen LogP contribution in [-0.4, -0.2) is 47.7 Å². The zero-order valence-corrected chi connectivity index (χ0v) is 23.1. The van der Waals surface area contributed by atoms with Crippen LogP contribution in [0.3, 0.4) is 0 Å². The topological polar surface area (TPSA) is 67.7 Å². The lowest BCUT2D eigenvalue weighted by Crippen LogP contribution is -2.44. The molecule has 1 aromatic heterocycles. The molecule has 1 saturated heterocycles. The van der Waals surface area contributed by atoms with Gasteiger partial charge in [-0.2, -0.15) is 0 Å². The number of hydrogen-bond donors (Lipinski definition) is 0. The smallest absolute Gasteiger partial charge is 0.247 e. The Bertz CT molecular complexity index is 1480. The van der Waals surface area contributed by atoms with Crippen LogP contribution in [0, 0.1) is 6.92 Å². The van der Waals surface area contributed by atoms with Gasteiger partial charge in [-0.05, 0) is 55.7 Å². The van der Waals surface area contributed by atoms with Gasteiger partial charge < -0.3 is 19.1 Å². The van der Waals surface area contributed by atoms with E-state index in [1.54, 1.807) is 7.11 Å². The summed E-state index contributed by atoms with van der Waals surface area (Å²) >= 11 is 0. The Morgan fingerprint density at radius 2 is 1.82 bits per heavy atom. The number of ether oxygens (including phenoxy) is 1. The number of rotatable bonds is 9. The fourth-order valence-electron chi connectivity index (χ4n) is 5.78. The molecular weight excluding hydrogens is 488 g/mol. The molecular formula is C32H36N4O3. The van der Waals surface area contributed by atoms with Crippen molar-refractivity contribution in [2.45, 2.75) is 52.1 Å². The summed E-state index contributed by atoms with van der Waals surface area (Å²) in [7, 11) is 1.66. The average Bonchev–Trinajstić information content (AvgIpc) is 3.50. The Labute approximate surface area is 230 Å². The number of methoxy groups -OCH3 is 1. The molecule has 0 unspecified atom stereocenters. The Balaban J connectivity index is 1.54. The van der Waals surface area contributed by atoms with E-state index in [1.807, 2.05) is 82.0 Å². The highest BCUT2D eigenvalue weighted by Crippen LogP contribution is 2.34. The lowest BCUT2D eigenvalue weighted by atomic mass is 10.0. The second-order valence-corrected chi connectivity index (χ2v) is 10.3. The zero-order chi connectivity index (χ0) is 27.5. The second-order valence-electron chi connectivity index (χ2n) is 10.3. The third kappa shape index (κ3) is 5.19. The van der Waals surface area contributed by atoms with Crippen molar-refractivity contribution < 1.29 is 14.3 Å². The molecule has 1 aliphatic heterocycles. The molecule has 5 rings (SSSR count). The van der Waals surface area contributed by atoms with Crippen molar-refractivity contribution in [1.29, 1.82) is 0 Å². The monoisotopic (exact) mass is 524 g/mol. The van der Waals surface area contributed by atoms with Crippen molar-refractivity contribution in [3.05, 3.63) is 89.7 Å². The lowest BCUT2D eigenvalue weighted by molar-refractivity contribution is -0.120. The molecule has 0 saturated carbocycles. The van der Waals surface area contributed by atoms with E-state index in [0.29, 0.717) is 19.6 Å². The van der Waals surface area contributed by atoms with Crippen molar-refractivity contribution in [1.82, 2.24) is 9.55 Å². The highest BCUT2D eigenvalue weighted by molar-refractivity contribution is 5.97. The van der Waals surface area contributed by atoms with E-state index in [9.17, 15) is 9.59 Å². The minimum Gasteiger partial charge on any atom is -0.383 e. The van der Waals surface area contributed by atoms with Gasteiger partial charge in [0.15, 0.2) is 0 Å². The number of para-hydroxylation sites is 4. The summed E-state index contributed by atoms with van der Waals surface area (Å²) in [5, 5.41) is 0. The fraction of sp³-hybridized carbons (Fsp3) is 0.344. The van der Waals surface area contributed by atoms with Gasteiger partial charge in [-0.3, -0.25) is 9.59 Å². The molecule has 39 heavy (non-hydrogen) atoms. The standard InChI is InChI=1S/C32H36N4O3/c1-5-24-13-11-12-22(2)31(24)36(23(3)21-39-4)30(38)20-35-28-17-10-9-16-27(28)33-32(35)25-18-29(37)34(19-25)26-14-7-6-8-15-26/h6-17,23,25H,5,18-21H2,1-4H3/t23-,25+/m1/s1. The number of fused-ring (bicyclic) bond motifs is 1. The predicted octanol–water partition coefficient (Wildman–Crippen LogP) is 5.50. The first-order valence-corrected chi connectivity index (χ1v) is 13.6. The maximum Gasteiger partial charge on any atom is 0.247 e. The first-order chi connectivity index (χ1) is 18.9. The molecule has 4 aromatic rings. The van der Waals surface area contributed by atoms with Gasteiger partial charge in [0, 0.05) is 31.7 Å². The Kier molecular flexibility index (Phi) is 7.79. The normalized spacial score (nSPS) is 16.2. The molecule has 0 spiro atoms. The molecule has 1 aliphatic rings. The average molecular weight is 525 g/mol. The van der Waals surface area contributed by atoms with Crippen molar-refractivity contribution in [2.24, 2.45) is 0 Å². The van der Waals surface area contributed by atoms with E-state index in [-0.39, 0.29) is 30.3 Å². The molecule has 2 atom stereocenters. The zero-order valence-electron chi connectivity index (χ0n) is 23.1. The van der Waals surface area contributed by atoms with Gasteiger partial charge in [0.25, 0.3) is 0 Å². The van der Waals surface area contributed by atoms with Gasteiger partial charge in [-0.15, -0.1) is 0 Å². The summed E-state index contributed by atoms with van der Waals surface area (Å²) in [6, 6.07) is 23.6. The lowest BCUT2D eigenvalue weighted by Gasteiger charge is -2.32. The quantitative estimate of drug-likeness (QED) is 0.290. The maximum absolute atomic E-state index is 14.3. The number of carbonyl (C=O) groups is 2. The first kappa shape index (κ1) is 26.6. The minimum atomic E-state index is -0.159. The summed E-state index contributed by atoms with van der Waals surface area (Å²) in [6.45, 7) is 7.25. The number of carbonyl (C=O) groups excluding carboxylic acids is 2. The van der Waals surface area contributed by atoms with Crippen LogP contribution in [0.1, 0.15) is 43.1 Å². The van der Waals surface area contributed by atoms with Crippen LogP contribution in [0.2, 0.25) is 0 Å². The van der Waals surface area contributed by atoms with Gasteiger partial charge in [-0.1, -0.05) is 55.5 Å². The number of nitrogens with zero attached hydrogens (tertiary/aromatic N) is 4. The van der Waals surface area contributed by atoms with Crippen LogP contribution in [0.25, 0.3) is 11.0 Å². The van der Waals surface area contributed by atoms with E-state index < -0.39 is 0 Å². The highest BCUT2D eigenvalue weighted by atomic mass is 16.5. The van der Waals surface area contributed by atoms with Crippen LogP contribution in [0.15, 0.2) is 72.8 Å². The van der Waals surface area contributed by atoms with E-state index in [2.05, 4.69) is 26.0 Å². The Morgan fingerprint density at radius 3 is 2.56 bits per heavy atom. The molecule has 2 heterocycles. The number of anilines is 2. The minimum absolute atomic E-state index is 0.0304. The summed E-state index contributed by atoms with van der Waals surface area (Å²) in [5.41, 5.74) is 5.74. The molecule has 0 N–H and O–H groups in total. The second kappa shape index (κ2) is 11.4. The van der Waals surface area contributed by atoms with Crippen molar-refractivity contribution in [3.63, 3.8) is 0 Å². The molecule has 2 amide bonds. The molecule has 7 heteroatoms. The number of amides is 2. The molecule has 0 bridgehead atoms. The summed E-state index contributed by atoms with van der Waals surface area (Å²) < 4.78 is 7.50. The summed E-state index contributed by atoms with van der Waals surface area (Å²) in [6.07, 6.45) is 1.17. The summed E-state index contributed by atoms with van der Waals surface area (Å²) in [4.78, 5) is 36.0. The third-order valence-electron chi connectivity index (χ3n) is 7.60. The number of imidazole rings is 1. The molecule has 202 valence electrons. The SMILES string of the molecule is CCc1cccc(C)c1N(C(=O)Cn1c([C@H]2CC(=O)N(c3ccccc3)C2)nc2ccccc21)[C@H](C)COC. The number of hydrogen-bond acceptors (Lipinski definition) is 4. The van der Waals surface area contributed by atoms with E-state index in [1.165, 1.54) is 0 Å². The Morgan fingerprint density at radius 1 is 1.08 bits per heavy atom. The Hall–Kier alpha value is -3.97. The van der Waals surface area contributed by atoms with Crippen LogP contribution in [0.4, 0.5) is 11.4 Å². The van der Waals surface area contributed by atoms with Crippen LogP contribution in [-0.2, 0) is 27.3 Å². The van der Waals surface area contributed by atoms with Gasteiger partial charge in [0.2, 0.25) is 11.8 Å². The van der Waals surface area contributed by atoms with Gasteiger partial charge in [0.05, 0.1) is 29.4 Å². The van der Waals surface area contributed by atoms with Crippen molar-refractivity contribution in [3.8, 4) is 0 Å². The fourth-order valence-corrected chi connectivity index (χ4v) is 5.78. The van der Waals surface area contributed by atoms with E-state index >= 15 is 0 Å². The van der Waals surface area contributed by atoms with Gasteiger partial charge in [0.1, 0.15) is 12.4 Å². The number of benzene rings is 3. The maximum atomic E-state index is 14.3. The number of aryl methyl sites for hydroxylation is 2. The predicted molar refractivity (Wildman–Crippen MR) is 155 cm³/mol. The van der Waals surface area contributed by atoms with Crippen LogP contribution < -0.4 is 9.80 Å². The largest absolute Gasteiger partial charge is 0.383 e. The third-order valence-corrected chi connectivity index (χ3v) is 7.60. The van der Waals surface area contributed by atoms with E-state index in [4.69, 9.17) is 9.72 Å². The van der Waals surface area contributed by atoms with Crippen molar-refractivity contribution in [2.75, 3.05) is 30.1 Å². The molecule has 0 radical (unpaired) electrons. The number of aromatic nitrogens is 2. The van der Waals surface area contributed by atoms with Gasteiger partial charge >= 0.3 is 0 Å².